The first-order valence-electron chi connectivity index (χ1n) is 8.00. The monoisotopic (exact) mass is 282 g/mol. The minimum atomic E-state index is 0.669. The average Bonchev–Trinajstić information content (AvgIpc) is 2.45. The van der Waals surface area contributed by atoms with Crippen molar-refractivity contribution in [3.63, 3.8) is 0 Å². The summed E-state index contributed by atoms with van der Waals surface area (Å²) in [4.78, 5) is 9.34. The van der Waals surface area contributed by atoms with Crippen LogP contribution in [0.25, 0.3) is 0 Å². The molecule has 0 radical (unpaired) electrons. The SMILES string of the molecule is CC(C)CN1CCCC(CN=C(N)N2CCOCC2)C1. The molecule has 2 saturated heterocycles. The van der Waals surface area contributed by atoms with Crippen molar-refractivity contribution in [2.24, 2.45) is 22.6 Å². The maximum absolute atomic E-state index is 6.09. The molecule has 2 aliphatic heterocycles. The minimum Gasteiger partial charge on any atom is -0.378 e. The van der Waals surface area contributed by atoms with Gasteiger partial charge in [0.2, 0.25) is 0 Å². The molecule has 0 aliphatic carbocycles. The maximum atomic E-state index is 6.09. The van der Waals surface area contributed by atoms with Crippen LogP contribution in [0.5, 0.6) is 0 Å². The van der Waals surface area contributed by atoms with Gasteiger partial charge in [0.25, 0.3) is 0 Å². The third kappa shape index (κ3) is 4.94. The lowest BCUT2D eigenvalue weighted by molar-refractivity contribution is 0.0673. The van der Waals surface area contributed by atoms with Crippen molar-refractivity contribution in [1.29, 1.82) is 0 Å². The molecule has 116 valence electrons. The highest BCUT2D eigenvalue weighted by molar-refractivity contribution is 5.78. The second-order valence-corrected chi connectivity index (χ2v) is 6.46. The molecule has 1 unspecified atom stereocenters. The average molecular weight is 282 g/mol. The molecular weight excluding hydrogens is 252 g/mol. The quantitative estimate of drug-likeness (QED) is 0.617. The van der Waals surface area contributed by atoms with E-state index in [0.717, 1.165) is 38.8 Å². The van der Waals surface area contributed by atoms with Crippen LogP contribution in [0.3, 0.4) is 0 Å². The zero-order valence-electron chi connectivity index (χ0n) is 13.1. The number of hydrogen-bond acceptors (Lipinski definition) is 3. The summed E-state index contributed by atoms with van der Waals surface area (Å²) in [6.45, 7) is 12.4. The Kier molecular flexibility index (Phi) is 6.10. The van der Waals surface area contributed by atoms with E-state index < -0.39 is 0 Å². The normalized spacial score (nSPS) is 26.2. The number of aliphatic imine (C=N–C) groups is 1. The van der Waals surface area contributed by atoms with Crippen molar-refractivity contribution < 1.29 is 4.74 Å². The van der Waals surface area contributed by atoms with Crippen molar-refractivity contribution in [3.8, 4) is 0 Å². The number of guanidine groups is 1. The molecule has 0 aromatic carbocycles. The van der Waals surface area contributed by atoms with Crippen LogP contribution in [0.1, 0.15) is 26.7 Å². The molecular formula is C15H30N4O. The van der Waals surface area contributed by atoms with E-state index in [1.807, 2.05) is 0 Å². The Labute approximate surface area is 123 Å². The second-order valence-electron chi connectivity index (χ2n) is 6.46. The zero-order chi connectivity index (χ0) is 14.4. The van der Waals surface area contributed by atoms with Gasteiger partial charge in [-0.25, -0.2) is 0 Å². The number of nitrogens with two attached hydrogens (primary N) is 1. The van der Waals surface area contributed by atoms with Crippen LogP contribution >= 0.6 is 0 Å². The van der Waals surface area contributed by atoms with Gasteiger partial charge in [0.05, 0.1) is 13.2 Å². The lowest BCUT2D eigenvalue weighted by Crippen LogP contribution is -2.45. The van der Waals surface area contributed by atoms with Crippen LogP contribution in [0.4, 0.5) is 0 Å². The van der Waals surface area contributed by atoms with E-state index >= 15 is 0 Å². The van der Waals surface area contributed by atoms with E-state index in [1.165, 1.54) is 32.5 Å². The standard InChI is InChI=1S/C15H30N4O/c1-13(2)11-18-5-3-4-14(12-18)10-17-15(16)19-6-8-20-9-7-19/h13-14H,3-12H2,1-2H3,(H2,16,17). The summed E-state index contributed by atoms with van der Waals surface area (Å²) in [5, 5.41) is 0. The van der Waals surface area contributed by atoms with Crippen LogP contribution in [0.2, 0.25) is 0 Å². The van der Waals surface area contributed by atoms with Crippen LogP contribution in [-0.2, 0) is 4.74 Å². The number of morpholine rings is 1. The number of rotatable bonds is 4. The summed E-state index contributed by atoms with van der Waals surface area (Å²) in [5.41, 5.74) is 6.09. The summed E-state index contributed by atoms with van der Waals surface area (Å²) >= 11 is 0. The van der Waals surface area contributed by atoms with E-state index in [0.29, 0.717) is 11.9 Å². The first kappa shape index (κ1) is 15.6. The Hall–Kier alpha value is -0.810. The number of nitrogens with zero attached hydrogens (tertiary/aromatic N) is 3. The van der Waals surface area contributed by atoms with E-state index in [1.54, 1.807) is 0 Å². The lowest BCUT2D eigenvalue weighted by Gasteiger charge is -2.33. The third-order valence-corrected chi connectivity index (χ3v) is 4.07. The molecule has 0 spiro atoms. The van der Waals surface area contributed by atoms with Crippen molar-refractivity contribution in [2.45, 2.75) is 26.7 Å². The molecule has 2 heterocycles. The fourth-order valence-electron chi connectivity index (χ4n) is 3.10. The molecule has 0 aromatic rings. The lowest BCUT2D eigenvalue weighted by atomic mass is 9.97. The van der Waals surface area contributed by atoms with Crippen LogP contribution in [-0.4, -0.2) is 68.2 Å². The second kappa shape index (κ2) is 7.84. The third-order valence-electron chi connectivity index (χ3n) is 4.07. The summed E-state index contributed by atoms with van der Waals surface area (Å²) < 4.78 is 5.34. The smallest absolute Gasteiger partial charge is 0.191 e. The first-order chi connectivity index (χ1) is 9.65. The van der Waals surface area contributed by atoms with Gasteiger partial charge >= 0.3 is 0 Å². The number of piperidine rings is 1. The fourth-order valence-corrected chi connectivity index (χ4v) is 3.10. The van der Waals surface area contributed by atoms with Gasteiger partial charge < -0.3 is 20.3 Å². The summed E-state index contributed by atoms with van der Waals surface area (Å²) in [6, 6.07) is 0. The van der Waals surface area contributed by atoms with Gasteiger partial charge in [-0.15, -0.1) is 0 Å². The predicted octanol–water partition coefficient (Wildman–Crippen LogP) is 1.00. The molecule has 0 amide bonds. The number of hydrogen-bond donors (Lipinski definition) is 1. The molecule has 5 nitrogen and oxygen atoms in total. The molecule has 1 atom stereocenters. The minimum absolute atomic E-state index is 0.669. The zero-order valence-corrected chi connectivity index (χ0v) is 13.1. The summed E-state index contributed by atoms with van der Waals surface area (Å²) in [6.07, 6.45) is 2.58. The van der Waals surface area contributed by atoms with E-state index in [2.05, 4.69) is 28.6 Å². The van der Waals surface area contributed by atoms with E-state index in [9.17, 15) is 0 Å². The molecule has 2 aliphatic rings. The largest absolute Gasteiger partial charge is 0.378 e. The Balaban J connectivity index is 1.77. The van der Waals surface area contributed by atoms with Gasteiger partial charge in [-0.1, -0.05) is 13.8 Å². The maximum Gasteiger partial charge on any atom is 0.191 e. The van der Waals surface area contributed by atoms with Crippen LogP contribution < -0.4 is 5.73 Å². The Morgan fingerprint density at radius 1 is 1.30 bits per heavy atom. The van der Waals surface area contributed by atoms with Crippen LogP contribution in [0, 0.1) is 11.8 Å². The van der Waals surface area contributed by atoms with Gasteiger partial charge in [0.1, 0.15) is 0 Å². The van der Waals surface area contributed by atoms with Crippen molar-refractivity contribution in [1.82, 2.24) is 9.80 Å². The highest BCUT2D eigenvalue weighted by Crippen LogP contribution is 2.17. The Bertz CT molecular complexity index is 313. The molecule has 2 N–H and O–H groups in total. The molecule has 20 heavy (non-hydrogen) atoms. The van der Waals surface area contributed by atoms with Gasteiger partial charge in [0.15, 0.2) is 5.96 Å². The highest BCUT2D eigenvalue weighted by atomic mass is 16.5. The van der Waals surface area contributed by atoms with Gasteiger partial charge in [-0.05, 0) is 31.2 Å². The summed E-state index contributed by atoms with van der Waals surface area (Å²) in [5.74, 6) is 2.12. The molecule has 0 saturated carbocycles. The van der Waals surface area contributed by atoms with E-state index in [-0.39, 0.29) is 0 Å². The van der Waals surface area contributed by atoms with E-state index in [4.69, 9.17) is 10.5 Å². The molecule has 2 fully saturated rings. The van der Waals surface area contributed by atoms with Crippen molar-refractivity contribution in [2.75, 3.05) is 52.5 Å². The molecule has 2 rings (SSSR count). The fraction of sp³-hybridized carbons (Fsp3) is 0.933. The highest BCUT2D eigenvalue weighted by Gasteiger charge is 2.20. The topological polar surface area (TPSA) is 54.1 Å². The van der Waals surface area contributed by atoms with Crippen LogP contribution in [0.15, 0.2) is 4.99 Å². The number of likely N-dealkylation sites (tertiary alicyclic amines) is 1. The van der Waals surface area contributed by atoms with Crippen molar-refractivity contribution in [3.05, 3.63) is 0 Å². The molecule has 0 aromatic heterocycles. The summed E-state index contributed by atoms with van der Waals surface area (Å²) in [7, 11) is 0. The number of ether oxygens (including phenoxy) is 1. The van der Waals surface area contributed by atoms with Gasteiger partial charge in [0, 0.05) is 32.7 Å². The Morgan fingerprint density at radius 3 is 2.75 bits per heavy atom. The molecule has 5 heteroatoms. The van der Waals surface area contributed by atoms with Gasteiger partial charge in [-0.3, -0.25) is 4.99 Å². The predicted molar refractivity (Wildman–Crippen MR) is 82.9 cm³/mol. The van der Waals surface area contributed by atoms with Gasteiger partial charge in [-0.2, -0.15) is 0 Å². The first-order valence-corrected chi connectivity index (χ1v) is 8.00. The Morgan fingerprint density at radius 2 is 2.05 bits per heavy atom. The molecule has 0 bridgehead atoms. The van der Waals surface area contributed by atoms with Crippen molar-refractivity contribution >= 4 is 5.96 Å².